The highest BCUT2D eigenvalue weighted by Gasteiger charge is 2.05. The minimum Gasteiger partial charge on any atom is -0.507 e. The van der Waals surface area contributed by atoms with Crippen molar-refractivity contribution in [3.05, 3.63) is 41.9 Å². The molecule has 0 aliphatic heterocycles. The first-order chi connectivity index (χ1) is 7.16. The molecule has 15 heavy (non-hydrogen) atoms. The third kappa shape index (κ3) is 1.96. The van der Waals surface area contributed by atoms with E-state index in [4.69, 9.17) is 0 Å². The summed E-state index contributed by atoms with van der Waals surface area (Å²) in [5, 5.41) is 9.69. The average molecular weight is 200 g/mol. The predicted molar refractivity (Wildman–Crippen MR) is 58.6 cm³/mol. The van der Waals surface area contributed by atoms with Crippen molar-refractivity contribution < 1.29 is 5.11 Å². The molecule has 0 bridgehead atoms. The van der Waals surface area contributed by atoms with E-state index >= 15 is 0 Å². The number of nitrogens with zero attached hydrogens (tertiary/aromatic N) is 2. The van der Waals surface area contributed by atoms with Crippen molar-refractivity contribution in [3.63, 3.8) is 0 Å². The summed E-state index contributed by atoms with van der Waals surface area (Å²) in [6.07, 6.45) is 0. The monoisotopic (exact) mass is 200 g/mol. The van der Waals surface area contributed by atoms with Gasteiger partial charge in [-0.3, -0.25) is 0 Å². The molecule has 0 unspecified atom stereocenters. The number of aromatic hydroxyl groups is 1. The van der Waals surface area contributed by atoms with Crippen LogP contribution in [0.3, 0.4) is 0 Å². The summed E-state index contributed by atoms with van der Waals surface area (Å²) in [5.74, 6) is 0.961. The summed E-state index contributed by atoms with van der Waals surface area (Å²) in [6.45, 7) is 3.76. The van der Waals surface area contributed by atoms with Crippen LogP contribution in [-0.2, 0) is 0 Å². The maximum Gasteiger partial charge on any atom is 0.126 e. The smallest absolute Gasteiger partial charge is 0.126 e. The average Bonchev–Trinajstić information content (AvgIpc) is 2.16. The molecule has 1 aromatic heterocycles. The molecular weight excluding hydrogens is 188 g/mol. The molecule has 0 spiro atoms. The highest BCUT2D eigenvalue weighted by Crippen LogP contribution is 2.27. The Labute approximate surface area is 88.5 Å². The zero-order chi connectivity index (χ0) is 10.8. The zero-order valence-electron chi connectivity index (χ0n) is 8.73. The van der Waals surface area contributed by atoms with Crippen molar-refractivity contribution in [2.45, 2.75) is 13.8 Å². The van der Waals surface area contributed by atoms with Crippen LogP contribution in [0, 0.1) is 13.8 Å². The largest absolute Gasteiger partial charge is 0.507 e. The summed E-state index contributed by atoms with van der Waals surface area (Å²) >= 11 is 0. The van der Waals surface area contributed by atoms with Gasteiger partial charge in [0.1, 0.15) is 11.6 Å². The molecule has 2 rings (SSSR count). The lowest BCUT2D eigenvalue weighted by molar-refractivity contribution is 0.477. The Bertz CT molecular complexity index is 474. The van der Waals surface area contributed by atoms with Crippen LogP contribution in [0.1, 0.15) is 11.5 Å². The van der Waals surface area contributed by atoms with Gasteiger partial charge in [0.2, 0.25) is 0 Å². The molecule has 0 aliphatic carbocycles. The summed E-state index contributed by atoms with van der Waals surface area (Å²) in [7, 11) is 0. The molecule has 76 valence electrons. The maximum absolute atomic E-state index is 9.69. The molecular formula is C12H12N2O. The topological polar surface area (TPSA) is 46.0 Å². The minimum atomic E-state index is 0.245. The van der Waals surface area contributed by atoms with E-state index in [1.54, 1.807) is 12.1 Å². The number of aromatic nitrogens is 2. The van der Waals surface area contributed by atoms with Gasteiger partial charge in [0.25, 0.3) is 0 Å². The van der Waals surface area contributed by atoms with Gasteiger partial charge >= 0.3 is 0 Å². The Hall–Kier alpha value is -1.90. The molecule has 0 saturated heterocycles. The third-order valence-corrected chi connectivity index (χ3v) is 2.15. The number of aryl methyl sites for hydroxylation is 2. The van der Waals surface area contributed by atoms with E-state index in [0.717, 1.165) is 17.0 Å². The second kappa shape index (κ2) is 3.69. The van der Waals surface area contributed by atoms with Gasteiger partial charge in [0.15, 0.2) is 0 Å². The fourth-order valence-electron chi connectivity index (χ4n) is 1.55. The van der Waals surface area contributed by atoms with Crippen LogP contribution in [0.4, 0.5) is 0 Å². The molecule has 0 radical (unpaired) electrons. The number of phenolic OH excluding ortho intramolecular Hbond substituents is 1. The zero-order valence-corrected chi connectivity index (χ0v) is 8.73. The summed E-state index contributed by atoms with van der Waals surface area (Å²) in [5.41, 5.74) is 2.41. The molecule has 1 N–H and O–H groups in total. The van der Waals surface area contributed by atoms with E-state index in [-0.39, 0.29) is 5.75 Å². The van der Waals surface area contributed by atoms with Gasteiger partial charge in [-0.1, -0.05) is 12.1 Å². The third-order valence-electron chi connectivity index (χ3n) is 2.15. The van der Waals surface area contributed by atoms with E-state index in [9.17, 15) is 5.11 Å². The van der Waals surface area contributed by atoms with E-state index in [1.165, 1.54) is 0 Å². The minimum absolute atomic E-state index is 0.245. The van der Waals surface area contributed by atoms with Crippen LogP contribution in [-0.4, -0.2) is 15.1 Å². The van der Waals surface area contributed by atoms with E-state index in [0.29, 0.717) is 5.82 Å². The second-order valence-electron chi connectivity index (χ2n) is 3.46. The van der Waals surface area contributed by atoms with Crippen LogP contribution in [0.25, 0.3) is 11.3 Å². The van der Waals surface area contributed by atoms with Gasteiger partial charge < -0.3 is 5.11 Å². The number of rotatable bonds is 1. The van der Waals surface area contributed by atoms with Crippen molar-refractivity contribution in [2.75, 3.05) is 0 Å². The molecule has 0 atom stereocenters. The lowest BCUT2D eigenvalue weighted by atomic mass is 10.1. The summed E-state index contributed by atoms with van der Waals surface area (Å²) < 4.78 is 0. The Balaban J connectivity index is 2.59. The van der Waals surface area contributed by atoms with Crippen molar-refractivity contribution in [1.29, 1.82) is 0 Å². The van der Waals surface area contributed by atoms with Crippen LogP contribution in [0.5, 0.6) is 5.75 Å². The predicted octanol–water partition coefficient (Wildman–Crippen LogP) is 2.47. The Morgan fingerprint density at radius 3 is 2.47 bits per heavy atom. The standard InChI is InChI=1S/C12H12N2O/c1-8-7-11(14-9(2)13-8)10-5-3-4-6-12(10)15/h3-7,15H,1-2H3. The van der Waals surface area contributed by atoms with Crippen LogP contribution >= 0.6 is 0 Å². The number of hydrogen-bond acceptors (Lipinski definition) is 3. The lowest BCUT2D eigenvalue weighted by Gasteiger charge is -2.05. The van der Waals surface area contributed by atoms with E-state index < -0.39 is 0 Å². The first-order valence-corrected chi connectivity index (χ1v) is 4.77. The van der Waals surface area contributed by atoms with Gasteiger partial charge in [-0.2, -0.15) is 0 Å². The van der Waals surface area contributed by atoms with Crippen molar-refractivity contribution in [2.24, 2.45) is 0 Å². The molecule has 1 heterocycles. The molecule has 3 heteroatoms. The van der Waals surface area contributed by atoms with Crippen molar-refractivity contribution in [3.8, 4) is 17.0 Å². The number of benzene rings is 1. The first kappa shape index (κ1) is 9.65. The van der Waals surface area contributed by atoms with Crippen LogP contribution in [0.15, 0.2) is 30.3 Å². The Morgan fingerprint density at radius 1 is 1.07 bits per heavy atom. The fourth-order valence-corrected chi connectivity index (χ4v) is 1.55. The molecule has 3 nitrogen and oxygen atoms in total. The Morgan fingerprint density at radius 2 is 1.80 bits per heavy atom. The Kier molecular flexibility index (Phi) is 2.37. The summed E-state index contributed by atoms with van der Waals surface area (Å²) in [6, 6.07) is 9.03. The highest BCUT2D eigenvalue weighted by atomic mass is 16.3. The lowest BCUT2D eigenvalue weighted by Crippen LogP contribution is -1.93. The van der Waals surface area contributed by atoms with Crippen LogP contribution in [0.2, 0.25) is 0 Å². The first-order valence-electron chi connectivity index (χ1n) is 4.77. The molecule has 1 aromatic carbocycles. The maximum atomic E-state index is 9.69. The normalized spacial score (nSPS) is 10.3. The number of para-hydroxylation sites is 1. The quantitative estimate of drug-likeness (QED) is 0.769. The molecule has 0 fully saturated rings. The second-order valence-corrected chi connectivity index (χ2v) is 3.46. The molecule has 0 saturated carbocycles. The SMILES string of the molecule is Cc1cc(-c2ccccc2O)nc(C)n1. The van der Waals surface area contributed by atoms with Gasteiger partial charge in [-0.15, -0.1) is 0 Å². The fraction of sp³-hybridized carbons (Fsp3) is 0.167. The van der Waals surface area contributed by atoms with Gasteiger partial charge in [0, 0.05) is 11.3 Å². The van der Waals surface area contributed by atoms with Gasteiger partial charge in [0.05, 0.1) is 5.69 Å². The van der Waals surface area contributed by atoms with E-state index in [2.05, 4.69) is 9.97 Å². The molecule has 0 amide bonds. The van der Waals surface area contributed by atoms with Crippen molar-refractivity contribution >= 4 is 0 Å². The molecule has 0 aliphatic rings. The highest BCUT2D eigenvalue weighted by molar-refractivity contribution is 5.66. The van der Waals surface area contributed by atoms with Crippen LogP contribution < -0.4 is 0 Å². The van der Waals surface area contributed by atoms with Gasteiger partial charge in [-0.05, 0) is 32.0 Å². The van der Waals surface area contributed by atoms with Crippen molar-refractivity contribution in [1.82, 2.24) is 9.97 Å². The number of hydrogen-bond donors (Lipinski definition) is 1. The summed E-state index contributed by atoms with van der Waals surface area (Å²) in [4.78, 5) is 8.49. The number of phenols is 1. The molecule has 2 aromatic rings. The van der Waals surface area contributed by atoms with E-state index in [1.807, 2.05) is 32.0 Å². The van der Waals surface area contributed by atoms with Gasteiger partial charge in [-0.25, -0.2) is 9.97 Å².